The highest BCUT2D eigenvalue weighted by Gasteiger charge is 2.29. The topological polar surface area (TPSA) is 119 Å². The quantitative estimate of drug-likeness (QED) is 0.364. The molecule has 1 unspecified atom stereocenters. The van der Waals surface area contributed by atoms with Gasteiger partial charge in [0, 0.05) is 55.1 Å². The number of nitrogens with zero attached hydrogens (tertiary/aromatic N) is 5. The molecule has 1 atom stereocenters. The van der Waals surface area contributed by atoms with E-state index in [4.69, 9.17) is 10.7 Å². The van der Waals surface area contributed by atoms with Crippen molar-refractivity contribution < 1.29 is 22.8 Å². The SMILES string of the molecule is CCC(=O)N1CCCC(c2nc(-c3ccc(C(=O)Nc4cc(C(F)F)ccn4)c(F)c3)c3c(N)nccn23)C1. The number of halogens is 3. The molecule has 1 aliphatic heterocycles. The number of carbonyl (C=O) groups is 2. The van der Waals surface area contributed by atoms with Gasteiger partial charge in [-0.1, -0.05) is 13.0 Å². The average Bonchev–Trinajstić information content (AvgIpc) is 3.34. The molecule has 4 aromatic rings. The van der Waals surface area contributed by atoms with Gasteiger partial charge in [-0.25, -0.2) is 28.1 Å². The van der Waals surface area contributed by atoms with Crippen molar-refractivity contribution in [2.75, 3.05) is 24.1 Å². The maximum Gasteiger partial charge on any atom is 0.264 e. The van der Waals surface area contributed by atoms with E-state index in [2.05, 4.69) is 15.3 Å². The lowest BCUT2D eigenvalue weighted by atomic mass is 9.97. The van der Waals surface area contributed by atoms with Gasteiger partial charge in [-0.05, 0) is 37.1 Å². The zero-order valence-corrected chi connectivity index (χ0v) is 21.1. The van der Waals surface area contributed by atoms with Gasteiger partial charge >= 0.3 is 0 Å². The predicted molar refractivity (Wildman–Crippen MR) is 139 cm³/mol. The minimum atomic E-state index is -2.74. The standard InChI is InChI=1S/C27H26F3N7O2/c1-2-21(38)36-10-3-4-17(14-36)26-35-22(23-25(31)33-9-11-37(23)26)15-5-6-18(19(28)12-15)27(39)34-20-13-16(24(29)30)7-8-32-20/h5-9,11-13,17,24H,2-4,10,14H2,1H3,(H2,31,33)(H,32,34,39). The Morgan fingerprint density at radius 2 is 2.00 bits per heavy atom. The molecule has 1 aliphatic rings. The normalized spacial score (nSPS) is 15.6. The van der Waals surface area contributed by atoms with Gasteiger partial charge in [0.05, 0.1) is 5.56 Å². The predicted octanol–water partition coefficient (Wildman–Crippen LogP) is 4.82. The molecule has 1 saturated heterocycles. The number of hydrogen-bond donors (Lipinski definition) is 2. The van der Waals surface area contributed by atoms with E-state index in [1.807, 2.05) is 16.2 Å². The first-order valence-electron chi connectivity index (χ1n) is 12.5. The van der Waals surface area contributed by atoms with Crippen molar-refractivity contribution in [2.24, 2.45) is 0 Å². The number of nitrogen functional groups attached to an aromatic ring is 1. The number of likely N-dealkylation sites (tertiary alicyclic amines) is 1. The number of pyridine rings is 1. The Bertz CT molecular complexity index is 1560. The highest BCUT2D eigenvalue weighted by atomic mass is 19.3. The summed E-state index contributed by atoms with van der Waals surface area (Å²) >= 11 is 0. The number of imidazole rings is 1. The van der Waals surface area contributed by atoms with Crippen LogP contribution < -0.4 is 11.1 Å². The number of fused-ring (bicyclic) bond motifs is 1. The van der Waals surface area contributed by atoms with Gasteiger partial charge in [-0.15, -0.1) is 0 Å². The first-order valence-corrected chi connectivity index (χ1v) is 12.5. The number of carbonyl (C=O) groups excluding carboxylic acids is 2. The molecule has 9 nitrogen and oxygen atoms in total. The van der Waals surface area contributed by atoms with Gasteiger partial charge in [0.25, 0.3) is 12.3 Å². The fraction of sp³-hybridized carbons (Fsp3) is 0.296. The molecule has 39 heavy (non-hydrogen) atoms. The largest absolute Gasteiger partial charge is 0.382 e. The third kappa shape index (κ3) is 5.14. The van der Waals surface area contributed by atoms with E-state index in [0.717, 1.165) is 31.2 Å². The molecule has 0 bridgehead atoms. The summed E-state index contributed by atoms with van der Waals surface area (Å²) in [5, 5.41) is 2.35. The van der Waals surface area contributed by atoms with E-state index in [1.165, 1.54) is 18.2 Å². The van der Waals surface area contributed by atoms with Crippen LogP contribution in [0.3, 0.4) is 0 Å². The van der Waals surface area contributed by atoms with E-state index in [-0.39, 0.29) is 34.6 Å². The Hall–Kier alpha value is -4.48. The van der Waals surface area contributed by atoms with Crippen molar-refractivity contribution >= 4 is 29.0 Å². The molecule has 2 amide bonds. The highest BCUT2D eigenvalue weighted by molar-refractivity contribution is 6.04. The number of nitrogens with one attached hydrogen (secondary N) is 1. The van der Waals surface area contributed by atoms with E-state index in [1.54, 1.807) is 12.4 Å². The van der Waals surface area contributed by atoms with Crippen molar-refractivity contribution in [3.8, 4) is 11.3 Å². The summed E-state index contributed by atoms with van der Waals surface area (Å²) in [7, 11) is 0. The lowest BCUT2D eigenvalue weighted by Gasteiger charge is -2.32. The fourth-order valence-corrected chi connectivity index (χ4v) is 4.90. The van der Waals surface area contributed by atoms with Gasteiger partial charge in [-0.3, -0.25) is 14.0 Å². The second kappa shape index (κ2) is 10.7. The summed E-state index contributed by atoms with van der Waals surface area (Å²) in [6.45, 7) is 3.04. The minimum Gasteiger partial charge on any atom is -0.382 e. The molecule has 3 N–H and O–H groups in total. The van der Waals surface area contributed by atoms with Crippen LogP contribution in [0.5, 0.6) is 0 Å². The molecule has 4 heterocycles. The van der Waals surface area contributed by atoms with E-state index in [0.29, 0.717) is 42.1 Å². The molecule has 0 saturated carbocycles. The monoisotopic (exact) mass is 537 g/mol. The second-order valence-electron chi connectivity index (χ2n) is 9.31. The van der Waals surface area contributed by atoms with Gasteiger partial charge in [-0.2, -0.15) is 0 Å². The van der Waals surface area contributed by atoms with Crippen LogP contribution in [-0.4, -0.2) is 49.2 Å². The molecular formula is C27H26F3N7O2. The Labute approximate surface area is 221 Å². The van der Waals surface area contributed by atoms with Crippen LogP contribution in [0.25, 0.3) is 16.8 Å². The second-order valence-corrected chi connectivity index (χ2v) is 9.31. The molecule has 3 aromatic heterocycles. The van der Waals surface area contributed by atoms with Crippen LogP contribution in [0.2, 0.25) is 0 Å². The number of alkyl halides is 2. The molecule has 0 spiro atoms. The van der Waals surface area contributed by atoms with Crippen molar-refractivity contribution in [3.63, 3.8) is 0 Å². The van der Waals surface area contributed by atoms with Gasteiger partial charge in [0.2, 0.25) is 5.91 Å². The summed E-state index contributed by atoms with van der Waals surface area (Å²) in [5.41, 5.74) is 6.88. The van der Waals surface area contributed by atoms with E-state index < -0.39 is 18.1 Å². The molecule has 1 aromatic carbocycles. The van der Waals surface area contributed by atoms with Crippen LogP contribution in [0.1, 0.15) is 60.3 Å². The van der Waals surface area contributed by atoms with E-state index in [9.17, 15) is 18.4 Å². The summed E-state index contributed by atoms with van der Waals surface area (Å²) in [6, 6.07) is 6.16. The molecule has 12 heteroatoms. The fourth-order valence-electron chi connectivity index (χ4n) is 4.90. The van der Waals surface area contributed by atoms with Crippen LogP contribution in [0, 0.1) is 5.82 Å². The number of aromatic nitrogens is 4. The first kappa shape index (κ1) is 26.1. The van der Waals surface area contributed by atoms with Crippen molar-refractivity contribution in [1.82, 2.24) is 24.3 Å². The maximum absolute atomic E-state index is 15.2. The van der Waals surface area contributed by atoms with Gasteiger partial charge < -0.3 is 16.0 Å². The zero-order chi connectivity index (χ0) is 27.7. The Morgan fingerprint density at radius 1 is 1.18 bits per heavy atom. The van der Waals surface area contributed by atoms with Crippen molar-refractivity contribution in [1.29, 1.82) is 0 Å². The third-order valence-corrected chi connectivity index (χ3v) is 6.82. The summed E-state index contributed by atoms with van der Waals surface area (Å²) in [4.78, 5) is 39.7. The van der Waals surface area contributed by atoms with Crippen LogP contribution in [0.4, 0.5) is 24.8 Å². The van der Waals surface area contributed by atoms with Crippen LogP contribution in [-0.2, 0) is 4.79 Å². The molecule has 0 radical (unpaired) electrons. The van der Waals surface area contributed by atoms with Gasteiger partial charge in [0.1, 0.15) is 34.5 Å². The zero-order valence-electron chi connectivity index (χ0n) is 21.1. The van der Waals surface area contributed by atoms with E-state index >= 15 is 4.39 Å². The lowest BCUT2D eigenvalue weighted by Crippen LogP contribution is -2.39. The minimum absolute atomic E-state index is 0.0521. The lowest BCUT2D eigenvalue weighted by molar-refractivity contribution is -0.132. The molecule has 202 valence electrons. The molecule has 5 rings (SSSR count). The number of anilines is 2. The third-order valence-electron chi connectivity index (χ3n) is 6.82. The first-order chi connectivity index (χ1) is 18.8. The summed E-state index contributed by atoms with van der Waals surface area (Å²) < 4.78 is 43.0. The number of amides is 2. The van der Waals surface area contributed by atoms with Crippen molar-refractivity contribution in [2.45, 2.75) is 38.5 Å². The Balaban J connectivity index is 1.47. The summed E-state index contributed by atoms with van der Waals surface area (Å²) in [5.74, 6) is -0.869. The van der Waals surface area contributed by atoms with Crippen LogP contribution in [0.15, 0.2) is 48.9 Å². The molecular weight excluding hydrogens is 511 g/mol. The molecule has 0 aliphatic carbocycles. The Kier molecular flexibility index (Phi) is 7.18. The van der Waals surface area contributed by atoms with Crippen LogP contribution >= 0.6 is 0 Å². The smallest absolute Gasteiger partial charge is 0.264 e. The number of benzene rings is 1. The number of hydrogen-bond acceptors (Lipinski definition) is 6. The molecule has 1 fully saturated rings. The average molecular weight is 538 g/mol. The summed E-state index contributed by atoms with van der Waals surface area (Å²) in [6.07, 6.45) is 3.76. The number of nitrogens with two attached hydrogens (primary N) is 1. The van der Waals surface area contributed by atoms with Crippen molar-refractivity contribution in [3.05, 3.63) is 71.7 Å². The Morgan fingerprint density at radius 3 is 2.74 bits per heavy atom. The number of piperidine rings is 1. The maximum atomic E-state index is 15.2. The highest BCUT2D eigenvalue weighted by Crippen LogP contribution is 2.34. The number of rotatable bonds is 6. The van der Waals surface area contributed by atoms with Gasteiger partial charge in [0.15, 0.2) is 0 Å².